The fraction of sp³-hybridized carbons (Fsp3) is 0.455. The number of hydrogen-bond acceptors (Lipinski definition) is 3. The summed E-state index contributed by atoms with van der Waals surface area (Å²) >= 11 is 0. The van der Waals surface area contributed by atoms with E-state index in [1.54, 1.807) is 12.1 Å². The lowest BCUT2D eigenvalue weighted by Crippen LogP contribution is -2.26. The molecular formula is C11H16N2O2S. The van der Waals surface area contributed by atoms with E-state index in [-0.39, 0.29) is 11.7 Å². The van der Waals surface area contributed by atoms with Gasteiger partial charge in [-0.05, 0) is 30.5 Å². The van der Waals surface area contributed by atoms with Gasteiger partial charge in [-0.3, -0.25) is 4.31 Å². The zero-order valence-corrected chi connectivity index (χ0v) is 10.3. The Labute approximate surface area is 96.1 Å². The Morgan fingerprint density at radius 1 is 1.44 bits per heavy atom. The molecule has 1 aromatic carbocycles. The van der Waals surface area contributed by atoms with E-state index in [2.05, 4.69) is 0 Å². The molecule has 1 aromatic rings. The average molecular weight is 240 g/mol. The summed E-state index contributed by atoms with van der Waals surface area (Å²) in [5.74, 6) is 0.367. The van der Waals surface area contributed by atoms with E-state index in [1.807, 2.05) is 19.9 Å². The topological polar surface area (TPSA) is 63.4 Å². The molecule has 0 radical (unpaired) electrons. The number of nitrogens with two attached hydrogens (primary N) is 1. The van der Waals surface area contributed by atoms with Crippen molar-refractivity contribution in [2.75, 3.05) is 22.3 Å². The van der Waals surface area contributed by atoms with Crippen molar-refractivity contribution >= 4 is 21.4 Å². The van der Waals surface area contributed by atoms with E-state index in [0.717, 1.165) is 5.56 Å². The number of hydrogen-bond donors (Lipinski definition) is 1. The van der Waals surface area contributed by atoms with Crippen molar-refractivity contribution in [3.63, 3.8) is 0 Å². The number of sulfonamides is 1. The van der Waals surface area contributed by atoms with Crippen molar-refractivity contribution in [2.45, 2.75) is 13.8 Å². The standard InChI is InChI=1S/C11H16N2O2S/c1-8-3-4-11(10(12)5-8)13-6-9(2)7-16(13,14)15/h3-5,9H,6-7,12H2,1-2H3. The van der Waals surface area contributed by atoms with Gasteiger partial charge in [0.05, 0.1) is 17.1 Å². The van der Waals surface area contributed by atoms with Crippen LogP contribution in [0.15, 0.2) is 18.2 Å². The minimum absolute atomic E-state index is 0.158. The van der Waals surface area contributed by atoms with Gasteiger partial charge in [-0.2, -0.15) is 0 Å². The Morgan fingerprint density at radius 2 is 2.12 bits per heavy atom. The summed E-state index contributed by atoms with van der Waals surface area (Å²) in [5.41, 5.74) is 8.03. The summed E-state index contributed by atoms with van der Waals surface area (Å²) in [6.07, 6.45) is 0. The van der Waals surface area contributed by atoms with Crippen LogP contribution in [0.5, 0.6) is 0 Å². The highest BCUT2D eigenvalue weighted by Crippen LogP contribution is 2.31. The Kier molecular flexibility index (Phi) is 2.58. The first kappa shape index (κ1) is 11.3. The predicted octanol–water partition coefficient (Wildman–Crippen LogP) is 1.36. The minimum atomic E-state index is -3.17. The van der Waals surface area contributed by atoms with Crippen LogP contribution in [0.4, 0.5) is 11.4 Å². The number of benzene rings is 1. The summed E-state index contributed by atoms with van der Waals surface area (Å²) in [6.45, 7) is 4.39. The molecule has 2 N–H and O–H groups in total. The highest BCUT2D eigenvalue weighted by atomic mass is 32.2. The first-order chi connectivity index (χ1) is 7.40. The van der Waals surface area contributed by atoms with E-state index < -0.39 is 10.0 Å². The fourth-order valence-corrected chi connectivity index (χ4v) is 4.00. The molecule has 1 unspecified atom stereocenters. The molecule has 1 aliphatic rings. The second-order valence-corrected chi connectivity index (χ2v) is 6.42. The van der Waals surface area contributed by atoms with Gasteiger partial charge in [-0.15, -0.1) is 0 Å². The molecule has 0 saturated carbocycles. The zero-order chi connectivity index (χ0) is 11.9. The first-order valence-corrected chi connectivity index (χ1v) is 6.87. The van der Waals surface area contributed by atoms with Gasteiger partial charge < -0.3 is 5.73 Å². The second kappa shape index (κ2) is 3.66. The van der Waals surface area contributed by atoms with Gasteiger partial charge in [0.25, 0.3) is 0 Å². The Hall–Kier alpha value is -1.23. The van der Waals surface area contributed by atoms with Crippen molar-refractivity contribution in [3.8, 4) is 0 Å². The lowest BCUT2D eigenvalue weighted by atomic mass is 10.1. The molecular weight excluding hydrogens is 224 g/mol. The monoisotopic (exact) mass is 240 g/mol. The maximum absolute atomic E-state index is 11.9. The normalized spacial score (nSPS) is 23.6. The maximum Gasteiger partial charge on any atom is 0.235 e. The van der Waals surface area contributed by atoms with Crippen LogP contribution in [0.25, 0.3) is 0 Å². The molecule has 0 aliphatic carbocycles. The van der Waals surface area contributed by atoms with Crippen LogP contribution in [0.1, 0.15) is 12.5 Å². The Balaban J connectivity index is 2.45. The van der Waals surface area contributed by atoms with Crippen LogP contribution in [-0.2, 0) is 10.0 Å². The maximum atomic E-state index is 11.9. The summed E-state index contributed by atoms with van der Waals surface area (Å²) < 4.78 is 25.2. The molecule has 0 amide bonds. The van der Waals surface area contributed by atoms with Gasteiger partial charge in [0.2, 0.25) is 10.0 Å². The lowest BCUT2D eigenvalue weighted by molar-refractivity contribution is 0.598. The van der Waals surface area contributed by atoms with Gasteiger partial charge in [-0.25, -0.2) is 8.42 Å². The number of nitrogens with zero attached hydrogens (tertiary/aromatic N) is 1. The molecule has 1 atom stereocenters. The molecule has 4 nitrogen and oxygen atoms in total. The van der Waals surface area contributed by atoms with Crippen LogP contribution in [0.3, 0.4) is 0 Å². The van der Waals surface area contributed by atoms with E-state index in [4.69, 9.17) is 5.73 Å². The number of rotatable bonds is 1. The molecule has 2 rings (SSSR count). The van der Waals surface area contributed by atoms with Crippen molar-refractivity contribution in [2.24, 2.45) is 5.92 Å². The van der Waals surface area contributed by atoms with E-state index in [1.165, 1.54) is 4.31 Å². The minimum Gasteiger partial charge on any atom is -0.397 e. The van der Waals surface area contributed by atoms with Crippen LogP contribution in [-0.4, -0.2) is 20.7 Å². The molecule has 0 bridgehead atoms. The quantitative estimate of drug-likeness (QED) is 0.754. The summed E-state index contributed by atoms with van der Waals surface area (Å²) in [6, 6.07) is 5.46. The van der Waals surface area contributed by atoms with Gasteiger partial charge in [-0.1, -0.05) is 13.0 Å². The second-order valence-electron chi connectivity index (χ2n) is 4.48. The summed E-state index contributed by atoms with van der Waals surface area (Å²) in [4.78, 5) is 0. The van der Waals surface area contributed by atoms with Gasteiger partial charge in [0.15, 0.2) is 0 Å². The van der Waals surface area contributed by atoms with Crippen LogP contribution < -0.4 is 10.0 Å². The molecule has 5 heteroatoms. The smallest absolute Gasteiger partial charge is 0.235 e. The highest BCUT2D eigenvalue weighted by molar-refractivity contribution is 7.93. The molecule has 1 heterocycles. The van der Waals surface area contributed by atoms with Gasteiger partial charge in [0, 0.05) is 6.54 Å². The Morgan fingerprint density at radius 3 is 2.62 bits per heavy atom. The predicted molar refractivity (Wildman–Crippen MR) is 65.9 cm³/mol. The molecule has 1 fully saturated rings. The Bertz CT molecular complexity index is 511. The SMILES string of the molecule is Cc1ccc(N2CC(C)CS2(=O)=O)c(N)c1. The molecule has 1 saturated heterocycles. The lowest BCUT2D eigenvalue weighted by Gasteiger charge is -2.19. The first-order valence-electron chi connectivity index (χ1n) is 5.26. The molecule has 0 spiro atoms. The van der Waals surface area contributed by atoms with Crippen molar-refractivity contribution < 1.29 is 8.42 Å². The third kappa shape index (κ3) is 1.87. The van der Waals surface area contributed by atoms with E-state index in [0.29, 0.717) is 17.9 Å². The van der Waals surface area contributed by atoms with E-state index >= 15 is 0 Å². The van der Waals surface area contributed by atoms with Gasteiger partial charge in [0.1, 0.15) is 0 Å². The highest BCUT2D eigenvalue weighted by Gasteiger charge is 2.34. The van der Waals surface area contributed by atoms with E-state index in [9.17, 15) is 8.42 Å². The van der Waals surface area contributed by atoms with Gasteiger partial charge >= 0.3 is 0 Å². The third-order valence-corrected chi connectivity index (χ3v) is 4.77. The van der Waals surface area contributed by atoms with Crippen LogP contribution in [0, 0.1) is 12.8 Å². The van der Waals surface area contributed by atoms with Crippen molar-refractivity contribution in [3.05, 3.63) is 23.8 Å². The summed E-state index contributed by atoms with van der Waals surface area (Å²) in [7, 11) is -3.17. The molecule has 88 valence electrons. The van der Waals surface area contributed by atoms with Crippen LogP contribution >= 0.6 is 0 Å². The average Bonchev–Trinajstić information content (AvgIpc) is 2.39. The molecule has 1 aliphatic heterocycles. The fourth-order valence-electron chi connectivity index (χ4n) is 2.05. The number of aryl methyl sites for hydroxylation is 1. The molecule has 16 heavy (non-hydrogen) atoms. The van der Waals surface area contributed by atoms with Crippen LogP contribution in [0.2, 0.25) is 0 Å². The number of anilines is 2. The number of nitrogen functional groups attached to an aromatic ring is 1. The third-order valence-electron chi connectivity index (χ3n) is 2.76. The largest absolute Gasteiger partial charge is 0.397 e. The zero-order valence-electron chi connectivity index (χ0n) is 9.47. The summed E-state index contributed by atoms with van der Waals surface area (Å²) in [5, 5.41) is 0. The van der Waals surface area contributed by atoms with Crippen molar-refractivity contribution in [1.29, 1.82) is 0 Å². The molecule has 0 aromatic heterocycles. The van der Waals surface area contributed by atoms with Crippen molar-refractivity contribution in [1.82, 2.24) is 0 Å².